The lowest BCUT2D eigenvalue weighted by molar-refractivity contribution is 0.586. The fourth-order valence-corrected chi connectivity index (χ4v) is 2.54. The van der Waals surface area contributed by atoms with Gasteiger partial charge in [-0.3, -0.25) is 0 Å². The lowest BCUT2D eigenvalue weighted by Gasteiger charge is -2.13. The number of nitriles is 1. The highest BCUT2D eigenvalue weighted by Gasteiger charge is 2.16. The lowest BCUT2D eigenvalue weighted by atomic mass is 9.90. The highest BCUT2D eigenvalue weighted by atomic mass is 32.2. The Labute approximate surface area is 103 Å². The standard InChI is InChI=1S/C13H17NO2S/c1-4-17(15,16)12-7-5-11(6-8-12)13(9-14)10(2)3/h5-8,10,13H,4H2,1-3H3. The number of benzene rings is 1. The third kappa shape index (κ3) is 3.07. The van der Waals surface area contributed by atoms with E-state index in [-0.39, 0.29) is 17.6 Å². The summed E-state index contributed by atoms with van der Waals surface area (Å²) in [5.74, 6) is 0.125. The fraction of sp³-hybridized carbons (Fsp3) is 0.462. The molecule has 0 radical (unpaired) electrons. The molecule has 17 heavy (non-hydrogen) atoms. The van der Waals surface area contributed by atoms with Crippen LogP contribution >= 0.6 is 0 Å². The van der Waals surface area contributed by atoms with Crippen LogP contribution in [0.25, 0.3) is 0 Å². The monoisotopic (exact) mass is 251 g/mol. The van der Waals surface area contributed by atoms with Gasteiger partial charge < -0.3 is 0 Å². The molecule has 0 spiro atoms. The van der Waals surface area contributed by atoms with Crippen LogP contribution in [0, 0.1) is 17.2 Å². The Kier molecular flexibility index (Phi) is 4.30. The van der Waals surface area contributed by atoms with Gasteiger partial charge in [-0.2, -0.15) is 5.26 Å². The minimum absolute atomic E-state index is 0.0954. The Balaban J connectivity index is 3.09. The summed E-state index contributed by atoms with van der Waals surface area (Å²) in [5.41, 5.74) is 0.873. The summed E-state index contributed by atoms with van der Waals surface area (Å²) in [4.78, 5) is 0.323. The number of hydrogen-bond donors (Lipinski definition) is 0. The van der Waals surface area contributed by atoms with E-state index in [0.717, 1.165) is 5.56 Å². The van der Waals surface area contributed by atoms with Crippen molar-refractivity contribution in [3.63, 3.8) is 0 Å². The van der Waals surface area contributed by atoms with Gasteiger partial charge in [-0.15, -0.1) is 0 Å². The number of nitrogens with zero attached hydrogens (tertiary/aromatic N) is 1. The van der Waals surface area contributed by atoms with Crippen molar-refractivity contribution < 1.29 is 8.42 Å². The van der Waals surface area contributed by atoms with E-state index in [1.54, 1.807) is 31.2 Å². The molecular weight excluding hydrogens is 234 g/mol. The lowest BCUT2D eigenvalue weighted by Crippen LogP contribution is -2.06. The first-order valence-electron chi connectivity index (χ1n) is 5.64. The summed E-state index contributed by atoms with van der Waals surface area (Å²) in [5, 5.41) is 9.06. The van der Waals surface area contributed by atoms with E-state index in [9.17, 15) is 8.42 Å². The Hall–Kier alpha value is -1.34. The fourth-order valence-electron chi connectivity index (χ4n) is 1.66. The van der Waals surface area contributed by atoms with Gasteiger partial charge in [0.15, 0.2) is 9.84 Å². The first kappa shape index (κ1) is 13.7. The van der Waals surface area contributed by atoms with Crippen molar-refractivity contribution in [2.75, 3.05) is 5.75 Å². The highest BCUT2D eigenvalue weighted by Crippen LogP contribution is 2.24. The molecule has 1 rings (SSSR count). The topological polar surface area (TPSA) is 57.9 Å². The largest absolute Gasteiger partial charge is 0.224 e. The van der Waals surface area contributed by atoms with Gasteiger partial charge in [-0.1, -0.05) is 32.9 Å². The second-order valence-electron chi connectivity index (χ2n) is 4.32. The van der Waals surface area contributed by atoms with Gasteiger partial charge >= 0.3 is 0 Å². The van der Waals surface area contributed by atoms with Gasteiger partial charge in [-0.05, 0) is 23.6 Å². The molecule has 1 aromatic carbocycles. The summed E-state index contributed by atoms with van der Waals surface area (Å²) >= 11 is 0. The predicted molar refractivity (Wildman–Crippen MR) is 67.4 cm³/mol. The molecule has 0 amide bonds. The van der Waals surface area contributed by atoms with Gasteiger partial charge in [0.05, 0.1) is 22.6 Å². The van der Waals surface area contributed by atoms with Crippen molar-refractivity contribution in [2.24, 2.45) is 5.92 Å². The molecule has 0 aliphatic carbocycles. The van der Waals surface area contributed by atoms with Gasteiger partial charge in [0, 0.05) is 0 Å². The van der Waals surface area contributed by atoms with E-state index >= 15 is 0 Å². The zero-order chi connectivity index (χ0) is 13.1. The van der Waals surface area contributed by atoms with Crippen LogP contribution in [0.15, 0.2) is 29.2 Å². The molecule has 4 heteroatoms. The minimum Gasteiger partial charge on any atom is -0.224 e. The molecular formula is C13H17NO2S. The first-order chi connectivity index (χ1) is 7.92. The predicted octanol–water partition coefficient (Wildman–Crippen LogP) is 2.74. The van der Waals surface area contributed by atoms with E-state index < -0.39 is 9.84 Å². The molecule has 1 unspecified atom stereocenters. The molecule has 1 aromatic rings. The quantitative estimate of drug-likeness (QED) is 0.826. The maximum absolute atomic E-state index is 11.6. The molecule has 0 aromatic heterocycles. The van der Waals surface area contributed by atoms with Crippen LogP contribution in [0.3, 0.4) is 0 Å². The number of sulfone groups is 1. The third-order valence-electron chi connectivity index (χ3n) is 2.78. The summed E-state index contributed by atoms with van der Waals surface area (Å²) in [7, 11) is -3.15. The van der Waals surface area contributed by atoms with E-state index in [0.29, 0.717) is 4.90 Å². The van der Waals surface area contributed by atoms with Crippen molar-refractivity contribution in [2.45, 2.75) is 31.6 Å². The van der Waals surface area contributed by atoms with Crippen molar-refractivity contribution in [1.82, 2.24) is 0 Å². The summed E-state index contributed by atoms with van der Waals surface area (Å²) in [6.07, 6.45) is 0. The molecule has 0 heterocycles. The molecule has 0 bridgehead atoms. The van der Waals surface area contributed by atoms with Crippen molar-refractivity contribution in [3.05, 3.63) is 29.8 Å². The highest BCUT2D eigenvalue weighted by molar-refractivity contribution is 7.91. The van der Waals surface area contributed by atoms with Crippen LogP contribution in [0.4, 0.5) is 0 Å². The van der Waals surface area contributed by atoms with Crippen LogP contribution in [0.2, 0.25) is 0 Å². The Morgan fingerprint density at radius 1 is 1.24 bits per heavy atom. The van der Waals surface area contributed by atoms with Gasteiger partial charge in [0.25, 0.3) is 0 Å². The van der Waals surface area contributed by atoms with Crippen molar-refractivity contribution in [3.8, 4) is 6.07 Å². The van der Waals surface area contributed by atoms with Crippen LogP contribution in [-0.4, -0.2) is 14.2 Å². The zero-order valence-electron chi connectivity index (χ0n) is 10.3. The molecule has 92 valence electrons. The Morgan fingerprint density at radius 2 is 1.76 bits per heavy atom. The van der Waals surface area contributed by atoms with E-state index in [2.05, 4.69) is 6.07 Å². The molecule has 1 atom stereocenters. The Morgan fingerprint density at radius 3 is 2.12 bits per heavy atom. The second-order valence-corrected chi connectivity index (χ2v) is 6.60. The molecule has 0 aliphatic heterocycles. The molecule has 0 saturated heterocycles. The molecule has 0 aliphatic rings. The van der Waals surface area contributed by atoms with Gasteiger partial charge in [-0.25, -0.2) is 8.42 Å². The number of rotatable bonds is 4. The van der Waals surface area contributed by atoms with Crippen LogP contribution in [-0.2, 0) is 9.84 Å². The summed E-state index contributed by atoms with van der Waals surface area (Å²) in [6, 6.07) is 8.87. The summed E-state index contributed by atoms with van der Waals surface area (Å²) < 4.78 is 23.2. The molecule has 3 nitrogen and oxygen atoms in total. The summed E-state index contributed by atoms with van der Waals surface area (Å²) in [6.45, 7) is 5.57. The van der Waals surface area contributed by atoms with Crippen LogP contribution < -0.4 is 0 Å². The maximum atomic E-state index is 11.6. The first-order valence-corrected chi connectivity index (χ1v) is 7.30. The third-order valence-corrected chi connectivity index (χ3v) is 4.53. The minimum atomic E-state index is -3.15. The zero-order valence-corrected chi connectivity index (χ0v) is 11.2. The van der Waals surface area contributed by atoms with Crippen LogP contribution in [0.5, 0.6) is 0 Å². The van der Waals surface area contributed by atoms with E-state index in [4.69, 9.17) is 5.26 Å². The van der Waals surface area contributed by atoms with Crippen LogP contribution in [0.1, 0.15) is 32.3 Å². The molecule has 0 fully saturated rings. The SMILES string of the molecule is CCS(=O)(=O)c1ccc(C(C#N)C(C)C)cc1. The second kappa shape index (κ2) is 5.33. The van der Waals surface area contributed by atoms with Crippen molar-refractivity contribution in [1.29, 1.82) is 5.26 Å². The van der Waals surface area contributed by atoms with E-state index in [1.807, 2.05) is 13.8 Å². The average Bonchev–Trinajstić information content (AvgIpc) is 2.30. The van der Waals surface area contributed by atoms with E-state index in [1.165, 1.54) is 0 Å². The average molecular weight is 251 g/mol. The normalized spacial score (nSPS) is 13.4. The van der Waals surface area contributed by atoms with Gasteiger partial charge in [0.1, 0.15) is 0 Å². The molecule has 0 saturated carbocycles. The maximum Gasteiger partial charge on any atom is 0.178 e. The van der Waals surface area contributed by atoms with Crippen molar-refractivity contribution >= 4 is 9.84 Å². The smallest absolute Gasteiger partial charge is 0.178 e. The Bertz CT molecular complexity index is 509. The number of hydrogen-bond acceptors (Lipinski definition) is 3. The van der Waals surface area contributed by atoms with Gasteiger partial charge in [0.2, 0.25) is 0 Å². The molecule has 0 N–H and O–H groups in total.